The average Bonchev–Trinajstić information content (AvgIpc) is 3.05. The summed E-state index contributed by atoms with van der Waals surface area (Å²) < 4.78 is 10.8. The highest BCUT2D eigenvalue weighted by molar-refractivity contribution is 5.90. The lowest BCUT2D eigenvalue weighted by molar-refractivity contribution is -0.386. The van der Waals surface area contributed by atoms with E-state index < -0.39 is 4.92 Å². The van der Waals surface area contributed by atoms with Crippen LogP contribution in [0.5, 0.6) is 11.5 Å². The maximum Gasteiger partial charge on any atom is 0.315 e. The van der Waals surface area contributed by atoms with Crippen molar-refractivity contribution in [1.29, 1.82) is 0 Å². The van der Waals surface area contributed by atoms with E-state index in [1.165, 1.54) is 7.11 Å². The summed E-state index contributed by atoms with van der Waals surface area (Å²) in [6.07, 6.45) is 2.05. The van der Waals surface area contributed by atoms with E-state index in [-0.39, 0.29) is 23.4 Å². The van der Waals surface area contributed by atoms with Crippen LogP contribution in [0.2, 0.25) is 0 Å². The Labute approximate surface area is 153 Å². The van der Waals surface area contributed by atoms with Crippen LogP contribution in [0.3, 0.4) is 0 Å². The molecule has 8 heteroatoms. The molecule has 1 saturated heterocycles. The van der Waals surface area contributed by atoms with E-state index in [0.717, 1.165) is 43.8 Å². The van der Waals surface area contributed by atoms with Crippen molar-refractivity contribution in [3.63, 3.8) is 0 Å². The number of nitrogens with one attached hydrogen (secondary N) is 1. The molecule has 142 valence electrons. The molecule has 0 amide bonds. The number of ether oxygens (including phenoxy) is 2. The minimum atomic E-state index is -0.419. The highest BCUT2D eigenvalue weighted by Crippen LogP contribution is 2.42. The zero-order chi connectivity index (χ0) is 18.7. The monoisotopic (exact) mass is 362 g/mol. The molecule has 2 aliphatic heterocycles. The van der Waals surface area contributed by atoms with E-state index in [1.807, 2.05) is 6.07 Å². The third-order valence-corrected chi connectivity index (χ3v) is 4.98. The number of benzene rings is 1. The predicted octanol–water partition coefficient (Wildman–Crippen LogP) is 2.73. The smallest absolute Gasteiger partial charge is 0.315 e. The van der Waals surface area contributed by atoms with Gasteiger partial charge in [0.2, 0.25) is 5.75 Å². The molecule has 1 aromatic carbocycles. The van der Waals surface area contributed by atoms with Gasteiger partial charge in [-0.3, -0.25) is 10.1 Å². The van der Waals surface area contributed by atoms with Crippen LogP contribution in [-0.2, 0) is 0 Å². The fraction of sp³-hybridized carbons (Fsp3) is 0.611. The van der Waals surface area contributed by atoms with Crippen LogP contribution in [-0.4, -0.2) is 48.9 Å². The molecule has 2 aliphatic rings. The predicted molar refractivity (Wildman–Crippen MR) is 99.0 cm³/mol. The van der Waals surface area contributed by atoms with Crippen LogP contribution in [0.4, 0.5) is 5.69 Å². The Balaban J connectivity index is 1.93. The number of methoxy groups -OCH3 is 1. The van der Waals surface area contributed by atoms with Crippen LogP contribution in [0, 0.1) is 16.0 Å². The topological polar surface area (TPSA) is 89.2 Å². The van der Waals surface area contributed by atoms with Gasteiger partial charge in [-0.2, -0.15) is 5.10 Å². The molecule has 2 heterocycles. The van der Waals surface area contributed by atoms with Crippen molar-refractivity contribution in [3.05, 3.63) is 27.8 Å². The fourth-order valence-corrected chi connectivity index (χ4v) is 3.80. The number of likely N-dealkylation sites (tertiary alicyclic amines) is 1. The van der Waals surface area contributed by atoms with Gasteiger partial charge in [-0.25, -0.2) is 0 Å². The van der Waals surface area contributed by atoms with E-state index in [1.54, 1.807) is 13.0 Å². The van der Waals surface area contributed by atoms with Crippen molar-refractivity contribution in [2.24, 2.45) is 11.0 Å². The van der Waals surface area contributed by atoms with Gasteiger partial charge in [0, 0.05) is 37.2 Å². The highest BCUT2D eigenvalue weighted by atomic mass is 16.6. The first-order valence-electron chi connectivity index (χ1n) is 9.12. The Morgan fingerprint density at radius 3 is 2.88 bits per heavy atom. The van der Waals surface area contributed by atoms with E-state index in [9.17, 15) is 10.1 Å². The van der Waals surface area contributed by atoms with Gasteiger partial charge in [-0.1, -0.05) is 6.92 Å². The number of nitro groups is 1. The van der Waals surface area contributed by atoms with Gasteiger partial charge in [-0.05, 0) is 31.5 Å². The SMILES string of the molecule is CCCN1CCC2=NNC(c3cc(OC)c(OCC)c([N+](=O)[O-])c3)C2C1. The largest absolute Gasteiger partial charge is 0.493 e. The maximum atomic E-state index is 11.6. The molecule has 2 unspecified atom stereocenters. The number of hydrogen-bond donors (Lipinski definition) is 1. The molecule has 2 atom stereocenters. The number of hydrogen-bond acceptors (Lipinski definition) is 7. The van der Waals surface area contributed by atoms with Crippen molar-refractivity contribution >= 4 is 11.4 Å². The first-order valence-corrected chi connectivity index (χ1v) is 9.12. The Morgan fingerprint density at radius 2 is 2.23 bits per heavy atom. The van der Waals surface area contributed by atoms with Crippen molar-refractivity contribution in [3.8, 4) is 11.5 Å². The van der Waals surface area contributed by atoms with Gasteiger partial charge in [-0.15, -0.1) is 0 Å². The molecule has 0 radical (unpaired) electrons. The molecular formula is C18H26N4O4. The lowest BCUT2D eigenvalue weighted by Gasteiger charge is -2.33. The molecule has 1 aromatic rings. The molecular weight excluding hydrogens is 336 g/mol. The number of hydrazone groups is 1. The summed E-state index contributed by atoms with van der Waals surface area (Å²) in [5.41, 5.74) is 5.07. The van der Waals surface area contributed by atoms with Crippen molar-refractivity contribution in [1.82, 2.24) is 10.3 Å². The van der Waals surface area contributed by atoms with E-state index >= 15 is 0 Å². The lowest BCUT2D eigenvalue weighted by atomic mass is 9.86. The second-order valence-electron chi connectivity index (χ2n) is 6.63. The third kappa shape index (κ3) is 3.46. The molecule has 0 bridgehead atoms. The van der Waals surface area contributed by atoms with E-state index in [4.69, 9.17) is 9.47 Å². The summed E-state index contributed by atoms with van der Waals surface area (Å²) in [4.78, 5) is 13.6. The summed E-state index contributed by atoms with van der Waals surface area (Å²) in [5.74, 6) is 0.782. The Hall–Kier alpha value is -2.35. The minimum absolute atomic E-state index is 0.0716. The van der Waals surface area contributed by atoms with E-state index in [0.29, 0.717) is 12.4 Å². The summed E-state index contributed by atoms with van der Waals surface area (Å²) in [5, 5.41) is 16.1. The van der Waals surface area contributed by atoms with Gasteiger partial charge in [0.05, 0.1) is 24.7 Å². The van der Waals surface area contributed by atoms with Crippen molar-refractivity contribution < 1.29 is 14.4 Å². The molecule has 0 aromatic heterocycles. The first kappa shape index (κ1) is 18.4. The molecule has 8 nitrogen and oxygen atoms in total. The number of nitro benzene ring substituents is 1. The molecule has 26 heavy (non-hydrogen) atoms. The summed E-state index contributed by atoms with van der Waals surface area (Å²) in [6, 6.07) is 3.32. The van der Waals surface area contributed by atoms with Crippen molar-refractivity contribution in [2.75, 3.05) is 33.4 Å². The molecule has 0 spiro atoms. The third-order valence-electron chi connectivity index (χ3n) is 4.98. The van der Waals surface area contributed by atoms with Gasteiger partial charge in [0.1, 0.15) is 0 Å². The number of piperidine rings is 1. The van der Waals surface area contributed by atoms with Crippen molar-refractivity contribution in [2.45, 2.75) is 32.7 Å². The van der Waals surface area contributed by atoms with Gasteiger partial charge in [0.25, 0.3) is 0 Å². The van der Waals surface area contributed by atoms with Gasteiger partial charge < -0.3 is 19.8 Å². The molecule has 0 aliphatic carbocycles. The van der Waals surface area contributed by atoms with Crippen LogP contribution in [0.25, 0.3) is 0 Å². The number of fused-ring (bicyclic) bond motifs is 1. The summed E-state index contributed by atoms with van der Waals surface area (Å²) in [7, 11) is 1.50. The highest BCUT2D eigenvalue weighted by Gasteiger charge is 2.38. The molecule has 1 fully saturated rings. The number of nitrogens with zero attached hydrogens (tertiary/aromatic N) is 3. The fourth-order valence-electron chi connectivity index (χ4n) is 3.80. The van der Waals surface area contributed by atoms with Gasteiger partial charge in [0.15, 0.2) is 5.75 Å². The van der Waals surface area contributed by atoms with Crippen LogP contribution >= 0.6 is 0 Å². The number of rotatable bonds is 7. The quantitative estimate of drug-likeness (QED) is 0.593. The Bertz CT molecular complexity index is 707. The van der Waals surface area contributed by atoms with Gasteiger partial charge >= 0.3 is 5.69 Å². The zero-order valence-electron chi connectivity index (χ0n) is 15.5. The summed E-state index contributed by atoms with van der Waals surface area (Å²) >= 11 is 0. The molecule has 3 rings (SSSR count). The van der Waals surface area contributed by atoms with Crippen LogP contribution in [0.15, 0.2) is 17.2 Å². The first-order chi connectivity index (χ1) is 12.6. The average molecular weight is 362 g/mol. The maximum absolute atomic E-state index is 11.6. The second-order valence-corrected chi connectivity index (χ2v) is 6.63. The Kier molecular flexibility index (Phi) is 5.61. The molecule has 0 saturated carbocycles. The molecule has 1 N–H and O–H groups in total. The van der Waals surface area contributed by atoms with E-state index in [2.05, 4.69) is 22.4 Å². The van der Waals surface area contributed by atoms with Crippen LogP contribution < -0.4 is 14.9 Å². The minimum Gasteiger partial charge on any atom is -0.493 e. The van der Waals surface area contributed by atoms with Crippen LogP contribution in [0.1, 0.15) is 38.3 Å². The second kappa shape index (κ2) is 7.90. The zero-order valence-corrected chi connectivity index (χ0v) is 15.5. The lowest BCUT2D eigenvalue weighted by Crippen LogP contribution is -2.42. The standard InChI is InChI=1S/C18H26N4O4/c1-4-7-21-8-6-14-13(11-21)17(20-19-14)12-9-15(22(23)24)18(26-5-2)16(10-12)25-3/h9-10,13,17,20H,4-8,11H2,1-3H3. The summed E-state index contributed by atoms with van der Waals surface area (Å²) in [6.45, 7) is 7.29. The Morgan fingerprint density at radius 1 is 1.42 bits per heavy atom. The normalized spacial score (nSPS) is 22.3.